The SMILES string of the molecule is Nc1ccc2c(c1)N(CCOCC(F)(F)F)CC2. The molecule has 2 N–H and O–H groups in total. The molecule has 1 heterocycles. The van der Waals surface area contributed by atoms with Gasteiger partial charge in [0.15, 0.2) is 0 Å². The van der Waals surface area contributed by atoms with E-state index >= 15 is 0 Å². The average molecular weight is 260 g/mol. The molecule has 1 aliphatic rings. The zero-order valence-electron chi connectivity index (χ0n) is 9.83. The number of nitrogens with zero attached hydrogens (tertiary/aromatic N) is 1. The number of anilines is 2. The Morgan fingerprint density at radius 3 is 2.83 bits per heavy atom. The third-order valence-corrected chi connectivity index (χ3v) is 2.87. The summed E-state index contributed by atoms with van der Waals surface area (Å²) in [7, 11) is 0. The fourth-order valence-electron chi connectivity index (χ4n) is 2.06. The zero-order valence-corrected chi connectivity index (χ0v) is 9.83. The highest BCUT2D eigenvalue weighted by Gasteiger charge is 2.27. The van der Waals surface area contributed by atoms with Gasteiger partial charge in [-0.1, -0.05) is 6.07 Å². The number of hydrogen-bond donors (Lipinski definition) is 1. The number of nitrogen functional groups attached to an aromatic ring is 1. The van der Waals surface area contributed by atoms with Gasteiger partial charge < -0.3 is 15.4 Å². The van der Waals surface area contributed by atoms with Crippen molar-refractivity contribution >= 4 is 11.4 Å². The highest BCUT2D eigenvalue weighted by atomic mass is 19.4. The second-order valence-electron chi connectivity index (χ2n) is 4.29. The maximum Gasteiger partial charge on any atom is 0.411 e. The molecule has 100 valence electrons. The van der Waals surface area contributed by atoms with Gasteiger partial charge in [-0.3, -0.25) is 0 Å². The molecule has 1 aliphatic heterocycles. The molecule has 1 aromatic rings. The molecule has 0 aromatic heterocycles. The van der Waals surface area contributed by atoms with E-state index in [1.807, 2.05) is 23.1 Å². The largest absolute Gasteiger partial charge is 0.411 e. The number of rotatable bonds is 4. The van der Waals surface area contributed by atoms with Gasteiger partial charge in [0.25, 0.3) is 0 Å². The third kappa shape index (κ3) is 3.29. The first kappa shape index (κ1) is 13.0. The number of ether oxygens (including phenoxy) is 1. The van der Waals surface area contributed by atoms with Crippen molar-refractivity contribution in [3.8, 4) is 0 Å². The molecular formula is C12H15F3N2O. The topological polar surface area (TPSA) is 38.5 Å². The summed E-state index contributed by atoms with van der Waals surface area (Å²) in [6.07, 6.45) is -3.36. The van der Waals surface area contributed by atoms with E-state index in [4.69, 9.17) is 5.73 Å². The maximum absolute atomic E-state index is 11.9. The Labute approximate surface area is 103 Å². The Kier molecular flexibility index (Phi) is 3.65. The fraction of sp³-hybridized carbons (Fsp3) is 0.500. The number of fused-ring (bicyclic) bond motifs is 1. The smallest absolute Gasteiger partial charge is 0.399 e. The van der Waals surface area contributed by atoms with E-state index in [1.165, 1.54) is 5.56 Å². The lowest BCUT2D eigenvalue weighted by atomic mass is 10.1. The molecule has 0 spiro atoms. The van der Waals surface area contributed by atoms with Crippen LogP contribution in [0.3, 0.4) is 0 Å². The molecule has 0 atom stereocenters. The van der Waals surface area contributed by atoms with Gasteiger partial charge >= 0.3 is 6.18 Å². The van der Waals surface area contributed by atoms with Gasteiger partial charge in [0, 0.05) is 24.5 Å². The van der Waals surface area contributed by atoms with Crippen LogP contribution in [0.25, 0.3) is 0 Å². The summed E-state index contributed by atoms with van der Waals surface area (Å²) in [6, 6.07) is 5.65. The maximum atomic E-state index is 11.9. The highest BCUT2D eigenvalue weighted by Crippen LogP contribution is 2.29. The lowest BCUT2D eigenvalue weighted by molar-refractivity contribution is -0.173. The molecule has 3 nitrogen and oxygen atoms in total. The number of hydrogen-bond acceptors (Lipinski definition) is 3. The van der Waals surface area contributed by atoms with Crippen LogP contribution < -0.4 is 10.6 Å². The molecule has 1 aromatic carbocycles. The minimum atomic E-state index is -4.26. The van der Waals surface area contributed by atoms with Gasteiger partial charge in [-0.25, -0.2) is 0 Å². The zero-order chi connectivity index (χ0) is 13.2. The van der Waals surface area contributed by atoms with Crippen molar-refractivity contribution in [2.24, 2.45) is 0 Å². The average Bonchev–Trinajstić information content (AvgIpc) is 2.66. The first-order valence-corrected chi connectivity index (χ1v) is 5.73. The fourth-order valence-corrected chi connectivity index (χ4v) is 2.06. The number of halogens is 3. The summed E-state index contributed by atoms with van der Waals surface area (Å²) >= 11 is 0. The van der Waals surface area contributed by atoms with E-state index in [0.717, 1.165) is 18.7 Å². The van der Waals surface area contributed by atoms with Crippen LogP contribution in [0.4, 0.5) is 24.5 Å². The van der Waals surface area contributed by atoms with Crippen molar-refractivity contribution < 1.29 is 17.9 Å². The molecule has 0 amide bonds. The second-order valence-corrected chi connectivity index (χ2v) is 4.29. The van der Waals surface area contributed by atoms with Gasteiger partial charge in [-0.05, 0) is 24.1 Å². The summed E-state index contributed by atoms with van der Waals surface area (Å²) in [6.45, 7) is 0.124. The summed E-state index contributed by atoms with van der Waals surface area (Å²) < 4.78 is 40.3. The van der Waals surface area contributed by atoms with Crippen molar-refractivity contribution in [3.05, 3.63) is 23.8 Å². The molecule has 18 heavy (non-hydrogen) atoms. The van der Waals surface area contributed by atoms with E-state index in [0.29, 0.717) is 12.2 Å². The summed E-state index contributed by atoms with van der Waals surface area (Å²) in [4.78, 5) is 2.00. The molecule has 0 saturated heterocycles. The van der Waals surface area contributed by atoms with Gasteiger partial charge in [-0.2, -0.15) is 13.2 Å². The Balaban J connectivity index is 1.85. The van der Waals surface area contributed by atoms with E-state index in [2.05, 4.69) is 4.74 Å². The standard InChI is InChI=1S/C12H15F3N2O/c13-12(14,15)8-18-6-5-17-4-3-9-1-2-10(16)7-11(9)17/h1-2,7H,3-6,8,16H2. The van der Waals surface area contributed by atoms with Crippen LogP contribution in [-0.2, 0) is 11.2 Å². The summed E-state index contributed by atoms with van der Waals surface area (Å²) in [5.74, 6) is 0. The quantitative estimate of drug-likeness (QED) is 0.666. The lowest BCUT2D eigenvalue weighted by Crippen LogP contribution is -2.27. The Hall–Kier alpha value is -1.43. The van der Waals surface area contributed by atoms with Crippen molar-refractivity contribution in [2.45, 2.75) is 12.6 Å². The first-order chi connectivity index (χ1) is 8.46. The molecule has 0 radical (unpaired) electrons. The Morgan fingerprint density at radius 1 is 1.33 bits per heavy atom. The Bertz CT molecular complexity index is 420. The van der Waals surface area contributed by atoms with Gasteiger partial charge in [0.05, 0.1) is 6.61 Å². The minimum absolute atomic E-state index is 0.0632. The van der Waals surface area contributed by atoms with Crippen molar-refractivity contribution in [1.29, 1.82) is 0 Å². The number of alkyl halides is 3. The minimum Gasteiger partial charge on any atom is -0.399 e. The lowest BCUT2D eigenvalue weighted by Gasteiger charge is -2.19. The summed E-state index contributed by atoms with van der Waals surface area (Å²) in [5, 5.41) is 0. The second kappa shape index (κ2) is 5.06. The highest BCUT2D eigenvalue weighted by molar-refractivity contribution is 5.64. The van der Waals surface area contributed by atoms with E-state index in [9.17, 15) is 13.2 Å². The first-order valence-electron chi connectivity index (χ1n) is 5.73. The molecular weight excluding hydrogens is 245 g/mol. The van der Waals surface area contributed by atoms with Crippen LogP contribution in [0.15, 0.2) is 18.2 Å². The van der Waals surface area contributed by atoms with Crippen molar-refractivity contribution in [3.63, 3.8) is 0 Å². The summed E-state index contributed by atoms with van der Waals surface area (Å²) in [5.41, 5.74) is 8.55. The monoisotopic (exact) mass is 260 g/mol. The molecule has 2 rings (SSSR count). The molecule has 0 saturated carbocycles. The van der Waals surface area contributed by atoms with Crippen molar-refractivity contribution in [2.75, 3.05) is 36.9 Å². The molecule has 6 heteroatoms. The van der Waals surface area contributed by atoms with Crippen LogP contribution >= 0.6 is 0 Å². The van der Waals surface area contributed by atoms with Gasteiger partial charge in [-0.15, -0.1) is 0 Å². The van der Waals surface area contributed by atoms with Crippen LogP contribution in [-0.4, -0.2) is 32.5 Å². The van der Waals surface area contributed by atoms with Crippen molar-refractivity contribution in [1.82, 2.24) is 0 Å². The van der Waals surface area contributed by atoms with Crippen LogP contribution in [0.2, 0.25) is 0 Å². The predicted octanol–water partition coefficient (Wildman–Crippen LogP) is 2.21. The van der Waals surface area contributed by atoms with E-state index in [-0.39, 0.29) is 6.61 Å². The number of benzene rings is 1. The molecule has 0 unspecified atom stereocenters. The molecule has 0 fully saturated rings. The molecule has 0 bridgehead atoms. The Morgan fingerprint density at radius 2 is 2.11 bits per heavy atom. The third-order valence-electron chi connectivity index (χ3n) is 2.87. The number of nitrogens with two attached hydrogens (primary N) is 1. The van der Waals surface area contributed by atoms with Crippen LogP contribution in [0, 0.1) is 0 Å². The van der Waals surface area contributed by atoms with E-state index < -0.39 is 12.8 Å². The van der Waals surface area contributed by atoms with Crippen LogP contribution in [0.1, 0.15) is 5.56 Å². The predicted molar refractivity (Wildman–Crippen MR) is 63.6 cm³/mol. The van der Waals surface area contributed by atoms with Gasteiger partial charge in [0.1, 0.15) is 6.61 Å². The van der Waals surface area contributed by atoms with Gasteiger partial charge in [0.2, 0.25) is 0 Å². The molecule has 0 aliphatic carbocycles. The normalized spacial score (nSPS) is 14.9. The van der Waals surface area contributed by atoms with Crippen LogP contribution in [0.5, 0.6) is 0 Å². The van der Waals surface area contributed by atoms with E-state index in [1.54, 1.807) is 0 Å².